The van der Waals surface area contributed by atoms with Crippen molar-refractivity contribution < 1.29 is 9.47 Å². The molecule has 0 aromatic carbocycles. The highest BCUT2D eigenvalue weighted by Gasteiger charge is 1.91. The average molecular weight is 205 g/mol. The quantitative estimate of drug-likeness (QED) is 0.457. The SMILES string of the molecule is CCCCOCCOCCC(N)=S. The highest BCUT2D eigenvalue weighted by atomic mass is 32.1. The van der Waals surface area contributed by atoms with Crippen LogP contribution in [0.3, 0.4) is 0 Å². The number of unbranched alkanes of at least 4 members (excludes halogenated alkanes) is 1. The number of thiocarbonyl (C=S) groups is 1. The van der Waals surface area contributed by atoms with Gasteiger partial charge in [-0.3, -0.25) is 0 Å². The summed E-state index contributed by atoms with van der Waals surface area (Å²) >= 11 is 4.70. The Morgan fingerprint density at radius 3 is 2.31 bits per heavy atom. The van der Waals surface area contributed by atoms with Gasteiger partial charge in [0, 0.05) is 13.0 Å². The molecule has 0 heterocycles. The molecule has 0 aliphatic heterocycles. The summed E-state index contributed by atoms with van der Waals surface area (Å²) in [6, 6.07) is 0. The van der Waals surface area contributed by atoms with E-state index < -0.39 is 0 Å². The third kappa shape index (κ3) is 11.8. The molecule has 0 amide bonds. The van der Waals surface area contributed by atoms with Crippen LogP contribution in [0.2, 0.25) is 0 Å². The standard InChI is InChI=1S/C9H19NO2S/c1-2-3-5-11-7-8-12-6-4-9(10)13/h2-8H2,1H3,(H2,10,13). The summed E-state index contributed by atoms with van der Waals surface area (Å²) in [5.41, 5.74) is 5.29. The lowest BCUT2D eigenvalue weighted by Crippen LogP contribution is -2.13. The van der Waals surface area contributed by atoms with Gasteiger partial charge in [0.1, 0.15) is 0 Å². The van der Waals surface area contributed by atoms with Crippen LogP contribution >= 0.6 is 12.2 Å². The molecule has 0 saturated carbocycles. The van der Waals surface area contributed by atoms with Gasteiger partial charge >= 0.3 is 0 Å². The Morgan fingerprint density at radius 2 is 1.77 bits per heavy atom. The van der Waals surface area contributed by atoms with Gasteiger partial charge in [-0.25, -0.2) is 0 Å². The lowest BCUT2D eigenvalue weighted by molar-refractivity contribution is 0.0494. The summed E-state index contributed by atoms with van der Waals surface area (Å²) in [6.45, 7) is 4.87. The molecule has 0 aliphatic carbocycles. The second kappa shape index (κ2) is 9.89. The van der Waals surface area contributed by atoms with Crippen molar-refractivity contribution in [2.24, 2.45) is 5.73 Å². The van der Waals surface area contributed by atoms with Crippen LogP contribution in [0.25, 0.3) is 0 Å². The lowest BCUT2D eigenvalue weighted by atomic mass is 10.4. The van der Waals surface area contributed by atoms with Gasteiger partial charge in [-0.05, 0) is 6.42 Å². The van der Waals surface area contributed by atoms with Crippen LogP contribution in [-0.4, -0.2) is 31.4 Å². The highest BCUT2D eigenvalue weighted by molar-refractivity contribution is 7.80. The normalized spacial score (nSPS) is 10.2. The van der Waals surface area contributed by atoms with Crippen molar-refractivity contribution in [3.8, 4) is 0 Å². The molecule has 0 aromatic heterocycles. The Bertz CT molecular complexity index is 131. The van der Waals surface area contributed by atoms with Crippen LogP contribution < -0.4 is 5.73 Å². The Labute approximate surface area is 85.6 Å². The van der Waals surface area contributed by atoms with Crippen LogP contribution in [0.5, 0.6) is 0 Å². The Morgan fingerprint density at radius 1 is 1.15 bits per heavy atom. The van der Waals surface area contributed by atoms with Gasteiger partial charge in [0.25, 0.3) is 0 Å². The first-order valence-electron chi connectivity index (χ1n) is 4.71. The minimum Gasteiger partial charge on any atom is -0.393 e. The van der Waals surface area contributed by atoms with E-state index >= 15 is 0 Å². The summed E-state index contributed by atoms with van der Waals surface area (Å²) in [6.07, 6.45) is 2.94. The molecular formula is C9H19NO2S. The molecule has 0 spiro atoms. The van der Waals surface area contributed by atoms with E-state index in [1.165, 1.54) is 6.42 Å². The molecule has 0 unspecified atom stereocenters. The molecule has 0 saturated heterocycles. The molecule has 0 fully saturated rings. The second-order valence-corrected chi connectivity index (χ2v) is 3.32. The minimum atomic E-state index is 0.506. The topological polar surface area (TPSA) is 44.5 Å². The van der Waals surface area contributed by atoms with Crippen LogP contribution in [0.1, 0.15) is 26.2 Å². The van der Waals surface area contributed by atoms with E-state index in [1.54, 1.807) is 0 Å². The number of rotatable bonds is 9. The molecule has 0 rings (SSSR count). The zero-order chi connectivity index (χ0) is 9.94. The Kier molecular flexibility index (Phi) is 9.75. The Hall–Kier alpha value is -0.190. The van der Waals surface area contributed by atoms with Gasteiger partial charge < -0.3 is 15.2 Å². The van der Waals surface area contributed by atoms with E-state index in [1.807, 2.05) is 0 Å². The van der Waals surface area contributed by atoms with Crippen molar-refractivity contribution in [2.45, 2.75) is 26.2 Å². The summed E-state index contributed by atoms with van der Waals surface area (Å²) in [5, 5.41) is 0. The van der Waals surface area contributed by atoms with E-state index in [4.69, 9.17) is 27.4 Å². The first-order valence-corrected chi connectivity index (χ1v) is 5.12. The largest absolute Gasteiger partial charge is 0.393 e. The fourth-order valence-electron chi connectivity index (χ4n) is 0.741. The maximum Gasteiger partial charge on any atom is 0.0750 e. The number of hydrogen-bond donors (Lipinski definition) is 1. The third-order valence-electron chi connectivity index (χ3n) is 1.51. The van der Waals surface area contributed by atoms with Gasteiger partial charge in [-0.2, -0.15) is 0 Å². The smallest absolute Gasteiger partial charge is 0.0750 e. The molecule has 3 nitrogen and oxygen atoms in total. The fraction of sp³-hybridized carbons (Fsp3) is 0.889. The minimum absolute atomic E-state index is 0.506. The third-order valence-corrected chi connectivity index (χ3v) is 1.71. The average Bonchev–Trinajstić information content (AvgIpc) is 2.09. The monoisotopic (exact) mass is 205 g/mol. The lowest BCUT2D eigenvalue weighted by Gasteiger charge is -2.04. The Balaban J connectivity index is 2.87. The van der Waals surface area contributed by atoms with Crippen molar-refractivity contribution in [1.29, 1.82) is 0 Å². The van der Waals surface area contributed by atoms with E-state index in [-0.39, 0.29) is 0 Å². The van der Waals surface area contributed by atoms with Gasteiger partial charge in [0.15, 0.2) is 0 Å². The zero-order valence-electron chi connectivity index (χ0n) is 8.25. The molecule has 13 heavy (non-hydrogen) atoms. The van der Waals surface area contributed by atoms with Crippen molar-refractivity contribution in [1.82, 2.24) is 0 Å². The van der Waals surface area contributed by atoms with Crippen molar-refractivity contribution in [3.63, 3.8) is 0 Å². The van der Waals surface area contributed by atoms with Crippen LogP contribution in [-0.2, 0) is 9.47 Å². The summed E-state index contributed by atoms with van der Waals surface area (Å²) in [7, 11) is 0. The molecule has 0 atom stereocenters. The second-order valence-electron chi connectivity index (χ2n) is 2.79. The van der Waals surface area contributed by atoms with E-state index in [9.17, 15) is 0 Å². The van der Waals surface area contributed by atoms with Gasteiger partial charge in [0.05, 0.1) is 24.8 Å². The van der Waals surface area contributed by atoms with Crippen molar-refractivity contribution in [3.05, 3.63) is 0 Å². The van der Waals surface area contributed by atoms with Crippen molar-refractivity contribution >= 4 is 17.2 Å². The maximum atomic E-state index is 5.29. The molecule has 4 heteroatoms. The highest BCUT2D eigenvalue weighted by Crippen LogP contribution is 1.88. The number of ether oxygens (including phenoxy) is 2. The van der Waals surface area contributed by atoms with Crippen molar-refractivity contribution in [2.75, 3.05) is 26.4 Å². The van der Waals surface area contributed by atoms with Crippen LogP contribution in [0, 0.1) is 0 Å². The summed E-state index contributed by atoms with van der Waals surface area (Å²) in [4.78, 5) is 0.506. The van der Waals surface area contributed by atoms with Crippen LogP contribution in [0.15, 0.2) is 0 Å². The predicted molar refractivity (Wildman–Crippen MR) is 57.9 cm³/mol. The zero-order valence-corrected chi connectivity index (χ0v) is 9.07. The molecular weight excluding hydrogens is 186 g/mol. The van der Waals surface area contributed by atoms with E-state index in [2.05, 4.69) is 6.92 Å². The van der Waals surface area contributed by atoms with E-state index in [0.717, 1.165) is 13.0 Å². The summed E-state index contributed by atoms with van der Waals surface area (Å²) in [5.74, 6) is 0. The molecule has 0 radical (unpaired) electrons. The molecule has 0 bridgehead atoms. The molecule has 0 aliphatic rings. The first kappa shape index (κ1) is 12.8. The van der Waals surface area contributed by atoms with Crippen LogP contribution in [0.4, 0.5) is 0 Å². The maximum absolute atomic E-state index is 5.29. The van der Waals surface area contributed by atoms with Gasteiger partial charge in [0.2, 0.25) is 0 Å². The predicted octanol–water partition coefficient (Wildman–Crippen LogP) is 1.50. The fourth-order valence-corrected chi connectivity index (χ4v) is 0.824. The van der Waals surface area contributed by atoms with E-state index in [0.29, 0.717) is 31.2 Å². The van der Waals surface area contributed by atoms with Gasteiger partial charge in [-0.15, -0.1) is 0 Å². The molecule has 2 N–H and O–H groups in total. The summed E-state index contributed by atoms with van der Waals surface area (Å²) < 4.78 is 10.5. The van der Waals surface area contributed by atoms with Gasteiger partial charge in [-0.1, -0.05) is 25.6 Å². The molecule has 78 valence electrons. The first-order chi connectivity index (χ1) is 6.27. The number of hydrogen-bond acceptors (Lipinski definition) is 3. The number of nitrogens with two attached hydrogens (primary N) is 1. The molecule has 0 aromatic rings.